The first-order chi connectivity index (χ1) is 15.3. The van der Waals surface area contributed by atoms with Crippen LogP contribution in [0.2, 0.25) is 0 Å². The molecule has 3 heterocycles. The molecule has 1 saturated heterocycles. The lowest BCUT2D eigenvalue weighted by atomic mass is 10.2. The first-order valence-corrected chi connectivity index (χ1v) is 11.9. The maximum atomic E-state index is 13.1. The maximum absolute atomic E-state index is 13.1. The number of ether oxygens (including phenoxy) is 2. The number of hydrogen-bond acceptors (Lipinski definition) is 7. The lowest BCUT2D eigenvalue weighted by molar-refractivity contribution is -0.274. The van der Waals surface area contributed by atoms with Crippen molar-refractivity contribution in [2.75, 3.05) is 24.7 Å². The number of halogens is 3. The minimum absolute atomic E-state index is 0.0229. The Morgan fingerprint density at radius 1 is 1.34 bits per heavy atom. The largest absolute Gasteiger partial charge is 0.573 e. The molecule has 2 aromatic rings. The number of benzene rings is 1. The normalized spacial score (nSPS) is 17.9. The Balaban J connectivity index is 1.53. The molecule has 0 bridgehead atoms. The minimum atomic E-state index is -4.80. The maximum Gasteiger partial charge on any atom is 0.573 e. The van der Waals surface area contributed by atoms with E-state index in [0.717, 1.165) is 42.5 Å². The van der Waals surface area contributed by atoms with Crippen molar-refractivity contribution < 1.29 is 27.4 Å². The number of alkyl halides is 3. The third-order valence-electron chi connectivity index (χ3n) is 4.88. The predicted octanol–water partition coefficient (Wildman–Crippen LogP) is 3.17. The molecule has 172 valence electrons. The molecule has 0 saturated carbocycles. The molecule has 0 spiro atoms. The molecule has 0 radical (unpaired) electrons. The van der Waals surface area contributed by atoms with Gasteiger partial charge < -0.3 is 14.8 Å². The number of aryl methyl sites for hydroxylation is 1. The van der Waals surface area contributed by atoms with Gasteiger partial charge in [0.1, 0.15) is 5.75 Å². The summed E-state index contributed by atoms with van der Waals surface area (Å²) in [4.78, 5) is 30.5. The summed E-state index contributed by atoms with van der Waals surface area (Å²) in [7, 11) is 0. The number of nitrogens with one attached hydrogen (secondary N) is 1. The minimum Gasteiger partial charge on any atom is -0.406 e. The molecule has 4 rings (SSSR count). The van der Waals surface area contributed by atoms with E-state index in [0.29, 0.717) is 41.0 Å². The summed E-state index contributed by atoms with van der Waals surface area (Å²) in [5.41, 5.74) is 0.717. The predicted molar refractivity (Wildman–Crippen MR) is 114 cm³/mol. The van der Waals surface area contributed by atoms with Gasteiger partial charge in [-0.25, -0.2) is 4.98 Å². The number of fused-ring (bicyclic) bond motifs is 1. The molecule has 7 nitrogen and oxygen atoms in total. The third kappa shape index (κ3) is 5.59. The van der Waals surface area contributed by atoms with Crippen molar-refractivity contribution in [3.63, 3.8) is 0 Å². The summed E-state index contributed by atoms with van der Waals surface area (Å²) in [6, 6.07) is 4.99. The molecule has 2 aliphatic heterocycles. The Bertz CT molecular complexity index is 1040. The second-order valence-electron chi connectivity index (χ2n) is 7.18. The topological polar surface area (TPSA) is 82.5 Å². The van der Waals surface area contributed by atoms with E-state index in [2.05, 4.69) is 15.0 Å². The molecule has 1 fully saturated rings. The van der Waals surface area contributed by atoms with Gasteiger partial charge in [0.15, 0.2) is 5.16 Å². The van der Waals surface area contributed by atoms with Crippen molar-refractivity contribution >= 4 is 29.4 Å². The number of rotatable bonds is 7. The van der Waals surface area contributed by atoms with E-state index in [4.69, 9.17) is 4.74 Å². The van der Waals surface area contributed by atoms with Crippen molar-refractivity contribution in [2.45, 2.75) is 41.8 Å². The summed E-state index contributed by atoms with van der Waals surface area (Å²) < 4.78 is 48.0. The van der Waals surface area contributed by atoms with Gasteiger partial charge in [-0.1, -0.05) is 11.8 Å². The molecule has 12 heteroatoms. The molecule has 1 aromatic carbocycles. The van der Waals surface area contributed by atoms with E-state index < -0.39 is 6.36 Å². The molecule has 1 N–H and O–H groups in total. The van der Waals surface area contributed by atoms with E-state index in [9.17, 15) is 22.8 Å². The van der Waals surface area contributed by atoms with Crippen LogP contribution in [0.5, 0.6) is 5.75 Å². The van der Waals surface area contributed by atoms with E-state index >= 15 is 0 Å². The highest BCUT2D eigenvalue weighted by atomic mass is 32.2. The molecule has 1 aromatic heterocycles. The van der Waals surface area contributed by atoms with Crippen LogP contribution >= 0.6 is 23.5 Å². The fraction of sp³-hybridized carbons (Fsp3) is 0.450. The van der Waals surface area contributed by atoms with Crippen molar-refractivity contribution in [2.24, 2.45) is 0 Å². The molecular weight excluding hydrogens is 467 g/mol. The Morgan fingerprint density at radius 2 is 2.12 bits per heavy atom. The summed E-state index contributed by atoms with van der Waals surface area (Å²) in [5, 5.41) is 3.14. The SMILES string of the molecule is O=C(CSc1nc2c(c(=O)n1-c1ccc(OC(F)(F)F)cc1)SCC2)NC[C@H]1CCCO1. The highest BCUT2D eigenvalue weighted by Crippen LogP contribution is 2.30. The highest BCUT2D eigenvalue weighted by molar-refractivity contribution is 8.00. The van der Waals surface area contributed by atoms with Crippen LogP contribution < -0.4 is 15.6 Å². The molecule has 1 amide bonds. The van der Waals surface area contributed by atoms with Crippen LogP contribution in [-0.4, -0.2) is 52.6 Å². The van der Waals surface area contributed by atoms with Gasteiger partial charge in [0.05, 0.1) is 28.1 Å². The third-order valence-corrected chi connectivity index (χ3v) is 6.92. The summed E-state index contributed by atoms with van der Waals surface area (Å²) in [6.45, 7) is 1.13. The quantitative estimate of drug-likeness (QED) is 0.475. The molecule has 2 aliphatic rings. The number of hydrogen-bond donors (Lipinski definition) is 1. The average molecular weight is 488 g/mol. The lowest BCUT2D eigenvalue weighted by Gasteiger charge is -2.15. The van der Waals surface area contributed by atoms with E-state index in [1.807, 2.05) is 0 Å². The Morgan fingerprint density at radius 3 is 2.81 bits per heavy atom. The second kappa shape index (κ2) is 9.75. The van der Waals surface area contributed by atoms with Crippen molar-refractivity contribution in [3.05, 3.63) is 40.3 Å². The number of thioether (sulfide) groups is 2. The van der Waals surface area contributed by atoms with Gasteiger partial charge in [0, 0.05) is 25.3 Å². The standard InChI is InChI=1S/C20H20F3N3O4S2/c21-20(22,23)30-13-5-3-12(4-6-13)26-18(28)17-15(7-9-31-17)25-19(26)32-11-16(27)24-10-14-2-1-8-29-14/h3-6,14H,1-2,7-11H2,(H,24,27)/t14-/m1/s1. The van der Waals surface area contributed by atoms with Crippen molar-refractivity contribution in [1.82, 2.24) is 14.9 Å². The Labute approximate surface area is 190 Å². The number of nitrogens with zero attached hydrogens (tertiary/aromatic N) is 2. The Hall–Kier alpha value is -2.18. The summed E-state index contributed by atoms with van der Waals surface area (Å²) in [5.74, 6) is 0.169. The van der Waals surface area contributed by atoms with Crippen molar-refractivity contribution in [3.8, 4) is 11.4 Å². The number of carbonyl (C=O) groups excluding carboxylic acids is 1. The first kappa shape index (κ1) is 23.0. The molecule has 32 heavy (non-hydrogen) atoms. The van der Waals surface area contributed by atoms with Crippen LogP contribution in [0, 0.1) is 0 Å². The fourth-order valence-corrected chi connectivity index (χ4v) is 5.31. The van der Waals surface area contributed by atoms with Crippen molar-refractivity contribution in [1.29, 1.82) is 0 Å². The Kier molecular flexibility index (Phi) is 7.01. The summed E-state index contributed by atoms with van der Waals surface area (Å²) >= 11 is 2.50. The van der Waals surface area contributed by atoms with E-state index in [1.165, 1.54) is 28.5 Å². The monoisotopic (exact) mass is 487 g/mol. The fourth-order valence-electron chi connectivity index (χ4n) is 3.43. The van der Waals surface area contributed by atoms with Gasteiger partial charge in [-0.3, -0.25) is 14.2 Å². The first-order valence-electron chi connectivity index (χ1n) is 9.96. The number of aromatic nitrogens is 2. The van der Waals surface area contributed by atoms with Crippen LogP contribution in [0.4, 0.5) is 13.2 Å². The zero-order valence-corrected chi connectivity index (χ0v) is 18.4. The van der Waals surface area contributed by atoms with Gasteiger partial charge >= 0.3 is 6.36 Å². The van der Waals surface area contributed by atoms with E-state index in [1.54, 1.807) is 0 Å². The van der Waals surface area contributed by atoms with Crippen LogP contribution in [-0.2, 0) is 16.0 Å². The molecule has 0 aliphatic carbocycles. The van der Waals surface area contributed by atoms with Crippen LogP contribution in [0.25, 0.3) is 5.69 Å². The van der Waals surface area contributed by atoms with Crippen LogP contribution in [0.3, 0.4) is 0 Å². The lowest BCUT2D eigenvalue weighted by Crippen LogP contribution is -2.33. The molecule has 1 atom stereocenters. The van der Waals surface area contributed by atoms with Gasteiger partial charge in [-0.05, 0) is 37.1 Å². The zero-order valence-electron chi connectivity index (χ0n) is 16.8. The molecular formula is C20H20F3N3O4S2. The van der Waals surface area contributed by atoms with E-state index in [-0.39, 0.29) is 29.1 Å². The van der Waals surface area contributed by atoms with Gasteiger partial charge in [0.25, 0.3) is 5.56 Å². The second-order valence-corrected chi connectivity index (χ2v) is 9.23. The van der Waals surface area contributed by atoms with Gasteiger partial charge in [-0.2, -0.15) is 0 Å². The van der Waals surface area contributed by atoms with Crippen LogP contribution in [0.15, 0.2) is 39.1 Å². The van der Waals surface area contributed by atoms with Gasteiger partial charge in [0.2, 0.25) is 5.91 Å². The molecule has 0 unspecified atom stereocenters. The van der Waals surface area contributed by atoms with Crippen LogP contribution in [0.1, 0.15) is 18.5 Å². The van der Waals surface area contributed by atoms with Gasteiger partial charge in [-0.15, -0.1) is 24.9 Å². The zero-order chi connectivity index (χ0) is 22.7. The number of amides is 1. The smallest absolute Gasteiger partial charge is 0.406 e. The average Bonchev–Trinajstić information content (AvgIpc) is 3.42. The summed E-state index contributed by atoms with van der Waals surface area (Å²) in [6.07, 6.45) is -2.25. The highest BCUT2D eigenvalue weighted by Gasteiger charge is 2.31. The number of carbonyl (C=O) groups is 1.